The number of sulfonamides is 1. The van der Waals surface area contributed by atoms with E-state index in [0.717, 1.165) is 12.2 Å². The summed E-state index contributed by atoms with van der Waals surface area (Å²) in [5, 5.41) is 2.98. The summed E-state index contributed by atoms with van der Waals surface area (Å²) in [5.74, 6) is 0.0814. The van der Waals surface area contributed by atoms with Crippen LogP contribution in [-0.2, 0) is 10.0 Å². The maximum Gasteiger partial charge on any atom is 0.213 e. The van der Waals surface area contributed by atoms with Gasteiger partial charge in [0.05, 0.1) is 17.5 Å². The van der Waals surface area contributed by atoms with E-state index < -0.39 is 10.0 Å². The summed E-state index contributed by atoms with van der Waals surface area (Å²) in [6, 6.07) is 5.14. The molecule has 1 heterocycles. The van der Waals surface area contributed by atoms with Crippen LogP contribution in [0.25, 0.3) is 0 Å². The van der Waals surface area contributed by atoms with E-state index in [-0.39, 0.29) is 11.8 Å². The van der Waals surface area contributed by atoms with E-state index in [4.69, 9.17) is 0 Å². The average molecular weight is 257 g/mol. The predicted molar refractivity (Wildman–Crippen MR) is 68.1 cm³/mol. The minimum atomic E-state index is -3.25. The molecule has 0 spiro atoms. The molecule has 17 heavy (non-hydrogen) atoms. The summed E-state index contributed by atoms with van der Waals surface area (Å²) in [6.45, 7) is 4.95. The number of nitrogens with zero attached hydrogens (tertiary/aromatic N) is 1. The van der Waals surface area contributed by atoms with Gasteiger partial charge in [0.15, 0.2) is 0 Å². The van der Waals surface area contributed by atoms with Gasteiger partial charge in [0.25, 0.3) is 0 Å². The molecule has 0 aliphatic heterocycles. The van der Waals surface area contributed by atoms with Crippen LogP contribution in [0.1, 0.15) is 25.6 Å². The maximum atomic E-state index is 11.7. The molecule has 5 nitrogen and oxygen atoms in total. The third-order valence-corrected chi connectivity index (χ3v) is 3.74. The van der Waals surface area contributed by atoms with Crippen LogP contribution < -0.4 is 10.0 Å². The molecule has 1 atom stereocenters. The van der Waals surface area contributed by atoms with E-state index in [2.05, 4.69) is 15.0 Å². The molecule has 1 rings (SSSR count). The van der Waals surface area contributed by atoms with Crippen LogP contribution >= 0.6 is 0 Å². The van der Waals surface area contributed by atoms with Crippen LogP contribution in [-0.4, -0.2) is 32.2 Å². The lowest BCUT2D eigenvalue weighted by Gasteiger charge is -2.13. The molecule has 0 radical (unpaired) electrons. The Hall–Kier alpha value is -0.980. The van der Waals surface area contributed by atoms with E-state index in [1.54, 1.807) is 25.3 Å². The molecule has 2 N–H and O–H groups in total. The molecule has 96 valence electrons. The summed E-state index contributed by atoms with van der Waals surface area (Å²) in [4.78, 5) is 4.12. The number of rotatable bonds is 7. The van der Waals surface area contributed by atoms with Gasteiger partial charge in [-0.1, -0.05) is 13.0 Å². The number of pyridine rings is 1. The van der Waals surface area contributed by atoms with Gasteiger partial charge in [-0.25, -0.2) is 13.1 Å². The molecule has 1 unspecified atom stereocenters. The Morgan fingerprint density at radius 1 is 1.41 bits per heavy atom. The van der Waals surface area contributed by atoms with Crippen molar-refractivity contribution in [3.8, 4) is 0 Å². The van der Waals surface area contributed by atoms with Crippen molar-refractivity contribution in [1.82, 2.24) is 15.0 Å². The van der Waals surface area contributed by atoms with E-state index in [1.165, 1.54) is 0 Å². The summed E-state index contributed by atoms with van der Waals surface area (Å²) in [5.41, 5.74) is 0.722. The Balaban J connectivity index is 2.53. The molecule has 0 aromatic carbocycles. The molecule has 0 amide bonds. The van der Waals surface area contributed by atoms with E-state index in [9.17, 15) is 8.42 Å². The van der Waals surface area contributed by atoms with Crippen LogP contribution in [0.2, 0.25) is 0 Å². The smallest absolute Gasteiger partial charge is 0.213 e. The van der Waals surface area contributed by atoms with Crippen LogP contribution in [0.4, 0.5) is 0 Å². The normalized spacial score (nSPS) is 13.5. The van der Waals surface area contributed by atoms with Crippen LogP contribution in [0.15, 0.2) is 24.4 Å². The fourth-order valence-electron chi connectivity index (χ4n) is 1.40. The Labute approximate surface area is 103 Å². The lowest BCUT2D eigenvalue weighted by atomic mass is 10.2. The zero-order valence-electron chi connectivity index (χ0n) is 10.2. The van der Waals surface area contributed by atoms with Gasteiger partial charge >= 0.3 is 0 Å². The number of hydrogen-bond acceptors (Lipinski definition) is 4. The standard InChI is InChI=1S/C11H19N3O2S/c1-3-12-8-9-17(15,16)14-10(2)11-6-4-5-7-13-11/h4-7,10,12,14H,3,8-9H2,1-2H3. The van der Waals surface area contributed by atoms with Gasteiger partial charge in [0, 0.05) is 12.7 Å². The van der Waals surface area contributed by atoms with Gasteiger partial charge in [0.1, 0.15) is 0 Å². The van der Waals surface area contributed by atoms with Crippen molar-refractivity contribution in [3.05, 3.63) is 30.1 Å². The SMILES string of the molecule is CCNCCS(=O)(=O)NC(C)c1ccccn1. The Kier molecular flexibility index (Phi) is 5.54. The van der Waals surface area contributed by atoms with Crippen molar-refractivity contribution in [2.45, 2.75) is 19.9 Å². The van der Waals surface area contributed by atoms with Crippen molar-refractivity contribution >= 4 is 10.0 Å². The molecule has 0 aliphatic carbocycles. The number of nitrogens with one attached hydrogen (secondary N) is 2. The average Bonchev–Trinajstić information content (AvgIpc) is 2.30. The molecular weight excluding hydrogens is 238 g/mol. The third kappa shape index (κ3) is 5.25. The summed E-state index contributed by atoms with van der Waals surface area (Å²) < 4.78 is 26.0. The van der Waals surface area contributed by atoms with Crippen molar-refractivity contribution in [2.24, 2.45) is 0 Å². The second-order valence-electron chi connectivity index (χ2n) is 3.77. The third-order valence-electron chi connectivity index (χ3n) is 2.29. The highest BCUT2D eigenvalue weighted by molar-refractivity contribution is 7.89. The summed E-state index contributed by atoms with van der Waals surface area (Å²) >= 11 is 0. The first-order chi connectivity index (χ1) is 8.05. The van der Waals surface area contributed by atoms with Gasteiger partial charge in [-0.15, -0.1) is 0 Å². The van der Waals surface area contributed by atoms with Gasteiger partial charge in [-0.05, 0) is 25.6 Å². The quantitative estimate of drug-likeness (QED) is 0.704. The second-order valence-corrected chi connectivity index (χ2v) is 5.64. The summed E-state index contributed by atoms with van der Waals surface area (Å²) in [7, 11) is -3.25. The Morgan fingerprint density at radius 2 is 2.18 bits per heavy atom. The lowest BCUT2D eigenvalue weighted by molar-refractivity contribution is 0.560. The first kappa shape index (κ1) is 14.1. The van der Waals surface area contributed by atoms with E-state index in [1.807, 2.05) is 13.0 Å². The monoisotopic (exact) mass is 257 g/mol. The van der Waals surface area contributed by atoms with Gasteiger partial charge < -0.3 is 5.32 Å². The van der Waals surface area contributed by atoms with E-state index >= 15 is 0 Å². The minimum absolute atomic E-state index is 0.0814. The molecule has 1 aromatic heterocycles. The van der Waals surface area contributed by atoms with Crippen LogP contribution in [0.3, 0.4) is 0 Å². The predicted octanol–water partition coefficient (Wildman–Crippen LogP) is 0.671. The van der Waals surface area contributed by atoms with E-state index in [0.29, 0.717) is 6.54 Å². The number of aromatic nitrogens is 1. The molecule has 0 fully saturated rings. The molecule has 0 saturated carbocycles. The topological polar surface area (TPSA) is 71.1 Å². The summed E-state index contributed by atoms with van der Waals surface area (Å²) in [6.07, 6.45) is 1.65. The first-order valence-corrected chi connectivity index (χ1v) is 7.32. The maximum absolute atomic E-state index is 11.7. The number of hydrogen-bond donors (Lipinski definition) is 2. The van der Waals surface area contributed by atoms with Crippen LogP contribution in [0, 0.1) is 0 Å². The molecule has 0 saturated heterocycles. The van der Waals surface area contributed by atoms with Crippen molar-refractivity contribution in [1.29, 1.82) is 0 Å². The van der Waals surface area contributed by atoms with Gasteiger partial charge in [-0.2, -0.15) is 0 Å². The zero-order chi connectivity index (χ0) is 12.7. The second kappa shape index (κ2) is 6.68. The minimum Gasteiger partial charge on any atom is -0.316 e. The van der Waals surface area contributed by atoms with Gasteiger partial charge in [0.2, 0.25) is 10.0 Å². The highest BCUT2D eigenvalue weighted by Crippen LogP contribution is 2.09. The molecular formula is C11H19N3O2S. The zero-order valence-corrected chi connectivity index (χ0v) is 11.0. The van der Waals surface area contributed by atoms with Gasteiger partial charge in [-0.3, -0.25) is 4.98 Å². The molecule has 1 aromatic rings. The van der Waals surface area contributed by atoms with Crippen molar-refractivity contribution in [3.63, 3.8) is 0 Å². The lowest BCUT2D eigenvalue weighted by Crippen LogP contribution is -2.33. The highest BCUT2D eigenvalue weighted by Gasteiger charge is 2.15. The molecule has 6 heteroatoms. The molecule has 0 aliphatic rings. The Bertz CT molecular complexity index is 420. The molecule has 0 bridgehead atoms. The van der Waals surface area contributed by atoms with Crippen molar-refractivity contribution in [2.75, 3.05) is 18.8 Å². The fraction of sp³-hybridized carbons (Fsp3) is 0.545. The largest absolute Gasteiger partial charge is 0.316 e. The highest BCUT2D eigenvalue weighted by atomic mass is 32.2. The van der Waals surface area contributed by atoms with Crippen LogP contribution in [0.5, 0.6) is 0 Å². The fourth-order valence-corrected chi connectivity index (χ4v) is 2.59. The first-order valence-electron chi connectivity index (χ1n) is 5.67. The Morgan fingerprint density at radius 3 is 2.76 bits per heavy atom. The van der Waals surface area contributed by atoms with Crippen molar-refractivity contribution < 1.29 is 8.42 Å².